The molecule has 0 aromatic heterocycles. The molecule has 0 aromatic rings. The van der Waals surface area contributed by atoms with Crippen molar-refractivity contribution in [1.82, 2.24) is 0 Å². The van der Waals surface area contributed by atoms with E-state index in [4.69, 9.17) is 0 Å². The van der Waals surface area contributed by atoms with E-state index in [1.165, 1.54) is 13.8 Å². The van der Waals surface area contributed by atoms with Gasteiger partial charge in [-0.1, -0.05) is 0 Å². The van der Waals surface area contributed by atoms with Gasteiger partial charge in [-0.25, -0.2) is 0 Å². The molecule has 0 heterocycles. The summed E-state index contributed by atoms with van der Waals surface area (Å²) in [5.74, 6) is 0.103. The van der Waals surface area contributed by atoms with Gasteiger partial charge in [0.1, 0.15) is 11.6 Å². The van der Waals surface area contributed by atoms with Crippen molar-refractivity contribution in [2.24, 2.45) is 0 Å². The minimum absolute atomic E-state index is 0.0205. The maximum Gasteiger partial charge on any atom is 0.132 e. The summed E-state index contributed by atoms with van der Waals surface area (Å²) < 4.78 is 0. The molecule has 0 rings (SSSR count). The van der Waals surface area contributed by atoms with Crippen LogP contribution in [0.2, 0.25) is 0 Å². The fourth-order valence-electron chi connectivity index (χ4n) is 1.34. The van der Waals surface area contributed by atoms with E-state index in [9.17, 15) is 14.7 Å². The summed E-state index contributed by atoms with van der Waals surface area (Å²) >= 11 is 0. The second-order valence-electron chi connectivity index (χ2n) is 3.93. The van der Waals surface area contributed by atoms with Gasteiger partial charge in [-0.3, -0.25) is 4.79 Å². The van der Waals surface area contributed by atoms with Crippen molar-refractivity contribution in [2.45, 2.75) is 52.1 Å². The van der Waals surface area contributed by atoms with Crippen LogP contribution >= 0.6 is 0 Å². The lowest BCUT2D eigenvalue weighted by atomic mass is 9.93. The Kier molecular flexibility index (Phi) is 4.85. The molecule has 1 atom stereocenters. The molecule has 0 aliphatic carbocycles. The molecular formula is C10H18O3. The molecular weight excluding hydrogens is 168 g/mol. The van der Waals surface area contributed by atoms with Crippen LogP contribution in [0.5, 0.6) is 0 Å². The van der Waals surface area contributed by atoms with Gasteiger partial charge >= 0.3 is 0 Å². The largest absolute Gasteiger partial charge is 0.390 e. The molecule has 0 saturated carbocycles. The van der Waals surface area contributed by atoms with Gasteiger partial charge in [-0.15, -0.1) is 0 Å². The Labute approximate surface area is 79.1 Å². The number of aliphatic hydroxyl groups is 1. The highest BCUT2D eigenvalue weighted by atomic mass is 16.3. The van der Waals surface area contributed by atoms with Gasteiger partial charge in [0, 0.05) is 12.8 Å². The number of carbonyl (C=O) groups is 2. The van der Waals surface area contributed by atoms with Crippen LogP contribution in [0.3, 0.4) is 0 Å². The summed E-state index contributed by atoms with van der Waals surface area (Å²) in [5, 5.41) is 9.67. The van der Waals surface area contributed by atoms with Crippen molar-refractivity contribution in [2.75, 3.05) is 0 Å². The minimum atomic E-state index is -0.943. The lowest BCUT2D eigenvalue weighted by Crippen LogP contribution is -2.26. The summed E-state index contributed by atoms with van der Waals surface area (Å²) in [4.78, 5) is 21.3. The SMILES string of the molecule is CC(=O)CCCC(C)(O)CC(C)=O. The third kappa shape index (κ3) is 7.65. The maximum absolute atomic E-state index is 10.7. The Morgan fingerprint density at radius 2 is 1.77 bits per heavy atom. The predicted molar refractivity (Wildman–Crippen MR) is 50.5 cm³/mol. The molecule has 0 fully saturated rings. The molecule has 0 saturated heterocycles. The van der Waals surface area contributed by atoms with Crippen molar-refractivity contribution < 1.29 is 14.7 Å². The average Bonchev–Trinajstić information content (AvgIpc) is 1.81. The highest BCUT2D eigenvalue weighted by Gasteiger charge is 2.21. The molecule has 3 nitrogen and oxygen atoms in total. The Bertz CT molecular complexity index is 194. The molecule has 0 radical (unpaired) electrons. The van der Waals surface area contributed by atoms with Crippen LogP contribution in [0.15, 0.2) is 0 Å². The predicted octanol–water partition coefficient (Wildman–Crippen LogP) is 1.48. The smallest absolute Gasteiger partial charge is 0.132 e. The second-order valence-corrected chi connectivity index (χ2v) is 3.93. The highest BCUT2D eigenvalue weighted by molar-refractivity contribution is 5.76. The first kappa shape index (κ1) is 12.3. The Balaban J connectivity index is 3.75. The molecule has 76 valence electrons. The average molecular weight is 186 g/mol. The van der Waals surface area contributed by atoms with E-state index in [2.05, 4.69) is 0 Å². The first-order chi connectivity index (χ1) is 5.83. The van der Waals surface area contributed by atoms with E-state index in [0.717, 1.165) is 0 Å². The number of ketones is 2. The van der Waals surface area contributed by atoms with E-state index < -0.39 is 5.60 Å². The number of Topliss-reactive ketones (excluding diaryl/α,β-unsaturated/α-hetero) is 2. The fraction of sp³-hybridized carbons (Fsp3) is 0.800. The van der Waals surface area contributed by atoms with Gasteiger partial charge < -0.3 is 9.90 Å². The quantitative estimate of drug-likeness (QED) is 0.683. The first-order valence-electron chi connectivity index (χ1n) is 4.55. The molecule has 13 heavy (non-hydrogen) atoms. The normalized spacial score (nSPS) is 15.1. The Morgan fingerprint density at radius 3 is 2.15 bits per heavy atom. The zero-order chi connectivity index (χ0) is 10.5. The van der Waals surface area contributed by atoms with Crippen LogP contribution in [0, 0.1) is 0 Å². The summed E-state index contributed by atoms with van der Waals surface area (Å²) in [6, 6.07) is 0. The van der Waals surface area contributed by atoms with E-state index in [0.29, 0.717) is 19.3 Å². The lowest BCUT2D eigenvalue weighted by molar-refractivity contribution is -0.121. The van der Waals surface area contributed by atoms with Gasteiger partial charge in [-0.05, 0) is 33.6 Å². The van der Waals surface area contributed by atoms with Crippen molar-refractivity contribution in [1.29, 1.82) is 0 Å². The van der Waals surface area contributed by atoms with Gasteiger partial charge in [0.15, 0.2) is 0 Å². The molecule has 0 amide bonds. The van der Waals surface area contributed by atoms with E-state index in [1.807, 2.05) is 0 Å². The Hall–Kier alpha value is -0.700. The van der Waals surface area contributed by atoms with E-state index in [1.54, 1.807) is 6.92 Å². The van der Waals surface area contributed by atoms with Crippen LogP contribution in [-0.4, -0.2) is 22.3 Å². The number of hydrogen-bond acceptors (Lipinski definition) is 3. The molecule has 0 spiro atoms. The molecule has 1 unspecified atom stereocenters. The molecule has 0 aromatic carbocycles. The second kappa shape index (κ2) is 5.12. The fourth-order valence-corrected chi connectivity index (χ4v) is 1.34. The van der Waals surface area contributed by atoms with Crippen molar-refractivity contribution in [3.63, 3.8) is 0 Å². The molecule has 0 aliphatic heterocycles. The van der Waals surface area contributed by atoms with Gasteiger partial charge in [-0.2, -0.15) is 0 Å². The summed E-state index contributed by atoms with van der Waals surface area (Å²) in [6.45, 7) is 4.62. The third-order valence-corrected chi connectivity index (χ3v) is 1.87. The molecule has 0 aliphatic rings. The standard InChI is InChI=1S/C10H18O3/c1-8(11)5-4-6-10(3,13)7-9(2)12/h13H,4-7H2,1-3H3. The number of carbonyl (C=O) groups excluding carboxylic acids is 2. The van der Waals surface area contributed by atoms with Crippen LogP contribution < -0.4 is 0 Å². The van der Waals surface area contributed by atoms with Gasteiger partial charge in [0.05, 0.1) is 5.60 Å². The first-order valence-corrected chi connectivity index (χ1v) is 4.55. The topological polar surface area (TPSA) is 54.4 Å². The van der Waals surface area contributed by atoms with Gasteiger partial charge in [0.2, 0.25) is 0 Å². The highest BCUT2D eigenvalue weighted by Crippen LogP contribution is 2.18. The summed E-state index contributed by atoms with van der Waals surface area (Å²) in [5.41, 5.74) is -0.943. The van der Waals surface area contributed by atoms with Crippen LogP contribution in [0.25, 0.3) is 0 Å². The van der Waals surface area contributed by atoms with Crippen LogP contribution in [-0.2, 0) is 9.59 Å². The van der Waals surface area contributed by atoms with Crippen molar-refractivity contribution in [3.8, 4) is 0 Å². The Morgan fingerprint density at radius 1 is 1.23 bits per heavy atom. The molecule has 1 N–H and O–H groups in total. The molecule has 3 heteroatoms. The third-order valence-electron chi connectivity index (χ3n) is 1.87. The lowest BCUT2D eigenvalue weighted by Gasteiger charge is -2.21. The van der Waals surface area contributed by atoms with E-state index in [-0.39, 0.29) is 18.0 Å². The monoisotopic (exact) mass is 186 g/mol. The zero-order valence-electron chi connectivity index (χ0n) is 8.59. The zero-order valence-corrected chi connectivity index (χ0v) is 8.59. The number of hydrogen-bond donors (Lipinski definition) is 1. The van der Waals surface area contributed by atoms with Gasteiger partial charge in [0.25, 0.3) is 0 Å². The minimum Gasteiger partial charge on any atom is -0.390 e. The maximum atomic E-state index is 10.7. The van der Waals surface area contributed by atoms with Crippen molar-refractivity contribution >= 4 is 11.6 Å². The van der Waals surface area contributed by atoms with E-state index >= 15 is 0 Å². The molecule has 0 bridgehead atoms. The summed E-state index contributed by atoms with van der Waals surface area (Å²) in [7, 11) is 0. The number of rotatable bonds is 6. The van der Waals surface area contributed by atoms with Crippen LogP contribution in [0.1, 0.15) is 46.5 Å². The van der Waals surface area contributed by atoms with Crippen molar-refractivity contribution in [3.05, 3.63) is 0 Å². The van der Waals surface area contributed by atoms with Crippen LogP contribution in [0.4, 0.5) is 0 Å². The summed E-state index contributed by atoms with van der Waals surface area (Å²) in [6.07, 6.45) is 1.81.